The Balaban J connectivity index is 1.61. The van der Waals surface area contributed by atoms with E-state index in [2.05, 4.69) is 21.7 Å². The molecule has 0 bridgehead atoms. The van der Waals surface area contributed by atoms with Crippen molar-refractivity contribution in [1.29, 1.82) is 0 Å². The molecule has 0 radical (unpaired) electrons. The van der Waals surface area contributed by atoms with E-state index >= 15 is 0 Å². The van der Waals surface area contributed by atoms with E-state index in [0.29, 0.717) is 5.69 Å². The van der Waals surface area contributed by atoms with Crippen molar-refractivity contribution in [2.75, 3.05) is 5.32 Å². The predicted octanol–water partition coefficient (Wildman–Crippen LogP) is 2.89. The van der Waals surface area contributed by atoms with Crippen molar-refractivity contribution >= 4 is 11.6 Å². The third-order valence-corrected chi connectivity index (χ3v) is 3.51. The number of pyridine rings is 1. The van der Waals surface area contributed by atoms with Gasteiger partial charge in [0.05, 0.1) is 0 Å². The highest BCUT2D eigenvalue weighted by atomic mass is 19.3. The third kappa shape index (κ3) is 3.79. The molecule has 1 aliphatic rings. The molecule has 1 amide bonds. The third-order valence-electron chi connectivity index (χ3n) is 3.51. The molecule has 1 aromatic carbocycles. The number of carbonyl (C=O) groups excluding carboxylic acids is 1. The standard InChI is InChI=1S/C17H16F2N2O3/c1-2-3-12-6-8-21(9-7-12)11-16(22)20-13-4-5-14-15(10-13)24-17(18,19)23-14/h4-10H,2-3,11H2,1H3/p+1. The van der Waals surface area contributed by atoms with Crippen LogP contribution >= 0.6 is 0 Å². The van der Waals surface area contributed by atoms with Gasteiger partial charge in [-0.05, 0) is 24.1 Å². The van der Waals surface area contributed by atoms with Crippen molar-refractivity contribution in [3.8, 4) is 11.5 Å². The van der Waals surface area contributed by atoms with Crippen molar-refractivity contribution in [3.63, 3.8) is 0 Å². The predicted molar refractivity (Wildman–Crippen MR) is 81.9 cm³/mol. The Bertz CT molecular complexity index is 748. The molecule has 0 spiro atoms. The van der Waals surface area contributed by atoms with E-state index in [-0.39, 0.29) is 24.0 Å². The number of anilines is 1. The number of nitrogens with zero attached hydrogens (tertiary/aromatic N) is 1. The summed E-state index contributed by atoms with van der Waals surface area (Å²) in [5.74, 6) is -0.429. The second-order valence-corrected chi connectivity index (χ2v) is 5.51. The SMILES string of the molecule is CCCc1cc[n+](CC(=O)Nc2ccc3c(c2)OC(F)(F)O3)cc1. The number of fused-ring (bicyclic) bond motifs is 1. The zero-order chi connectivity index (χ0) is 17.2. The van der Waals surface area contributed by atoms with Gasteiger partial charge in [0, 0.05) is 23.9 Å². The van der Waals surface area contributed by atoms with Crippen LogP contribution in [-0.2, 0) is 17.8 Å². The lowest BCUT2D eigenvalue weighted by Gasteiger charge is -2.05. The smallest absolute Gasteiger partial charge is 0.395 e. The van der Waals surface area contributed by atoms with Crippen LogP contribution < -0.4 is 19.4 Å². The van der Waals surface area contributed by atoms with Crippen LogP contribution in [-0.4, -0.2) is 12.2 Å². The van der Waals surface area contributed by atoms with Gasteiger partial charge in [-0.3, -0.25) is 4.79 Å². The minimum absolute atomic E-state index is 0.0566. The number of hydrogen-bond donors (Lipinski definition) is 1. The maximum absolute atomic E-state index is 13.0. The molecule has 2 heterocycles. The van der Waals surface area contributed by atoms with Gasteiger partial charge in [0.1, 0.15) is 0 Å². The number of amides is 1. The van der Waals surface area contributed by atoms with Crippen LogP contribution in [0, 0.1) is 0 Å². The molecule has 0 saturated carbocycles. The summed E-state index contributed by atoms with van der Waals surface area (Å²) in [6.45, 7) is 2.23. The molecule has 0 fully saturated rings. The minimum Gasteiger partial charge on any atom is -0.395 e. The summed E-state index contributed by atoms with van der Waals surface area (Å²) in [7, 11) is 0. The molecule has 126 valence electrons. The quantitative estimate of drug-likeness (QED) is 0.855. The van der Waals surface area contributed by atoms with Gasteiger partial charge in [0.2, 0.25) is 6.54 Å². The van der Waals surface area contributed by atoms with Crippen molar-refractivity contribution in [2.45, 2.75) is 32.6 Å². The van der Waals surface area contributed by atoms with Crippen molar-refractivity contribution < 1.29 is 27.6 Å². The summed E-state index contributed by atoms with van der Waals surface area (Å²) in [5.41, 5.74) is 1.58. The van der Waals surface area contributed by atoms with E-state index in [9.17, 15) is 13.6 Å². The lowest BCUT2D eigenvalue weighted by atomic mass is 10.2. The van der Waals surface area contributed by atoms with E-state index in [0.717, 1.165) is 12.8 Å². The lowest BCUT2D eigenvalue weighted by Crippen LogP contribution is -2.39. The monoisotopic (exact) mass is 335 g/mol. The zero-order valence-corrected chi connectivity index (χ0v) is 13.1. The van der Waals surface area contributed by atoms with Crippen LogP contribution in [0.1, 0.15) is 18.9 Å². The van der Waals surface area contributed by atoms with E-state index < -0.39 is 6.29 Å². The fourth-order valence-corrected chi connectivity index (χ4v) is 2.44. The number of carbonyl (C=O) groups is 1. The summed E-state index contributed by atoms with van der Waals surface area (Å²) in [4.78, 5) is 12.1. The summed E-state index contributed by atoms with van der Waals surface area (Å²) >= 11 is 0. The Kier molecular flexibility index (Phi) is 4.33. The Hall–Kier alpha value is -2.70. The molecule has 24 heavy (non-hydrogen) atoms. The molecule has 5 nitrogen and oxygen atoms in total. The zero-order valence-electron chi connectivity index (χ0n) is 13.1. The van der Waals surface area contributed by atoms with Crippen LogP contribution in [0.2, 0.25) is 0 Å². The van der Waals surface area contributed by atoms with Crippen molar-refractivity contribution in [1.82, 2.24) is 0 Å². The van der Waals surface area contributed by atoms with Crippen LogP contribution in [0.3, 0.4) is 0 Å². The van der Waals surface area contributed by atoms with Gasteiger partial charge in [0.25, 0.3) is 5.91 Å². The highest BCUT2D eigenvalue weighted by molar-refractivity contribution is 5.90. The van der Waals surface area contributed by atoms with Gasteiger partial charge in [-0.25, -0.2) is 0 Å². The normalized spacial score (nSPS) is 14.5. The van der Waals surface area contributed by atoms with Gasteiger partial charge in [-0.1, -0.05) is 13.3 Å². The number of halogens is 2. The van der Waals surface area contributed by atoms with E-state index in [1.54, 1.807) is 4.57 Å². The maximum atomic E-state index is 13.0. The van der Waals surface area contributed by atoms with E-state index in [1.165, 1.54) is 23.8 Å². The molecule has 3 rings (SSSR count). The molecular formula is C17H17F2N2O3+. The second-order valence-electron chi connectivity index (χ2n) is 5.51. The second kappa shape index (κ2) is 6.43. The van der Waals surface area contributed by atoms with Crippen molar-refractivity contribution in [3.05, 3.63) is 48.3 Å². The molecule has 0 saturated heterocycles. The van der Waals surface area contributed by atoms with Gasteiger partial charge in [-0.2, -0.15) is 4.57 Å². The average Bonchev–Trinajstić information content (AvgIpc) is 2.82. The van der Waals surface area contributed by atoms with Crippen LogP contribution in [0.4, 0.5) is 14.5 Å². The summed E-state index contributed by atoms with van der Waals surface area (Å²) in [6, 6.07) is 8.07. The Labute approximate surface area is 137 Å². The molecule has 1 N–H and O–H groups in total. The number of rotatable bonds is 5. The van der Waals surface area contributed by atoms with Crippen LogP contribution in [0.25, 0.3) is 0 Å². The summed E-state index contributed by atoms with van der Waals surface area (Å²) in [6.07, 6.45) is 2.07. The summed E-state index contributed by atoms with van der Waals surface area (Å²) < 4.78 is 36.4. The fraction of sp³-hybridized carbons (Fsp3) is 0.294. The molecule has 1 aliphatic heterocycles. The number of nitrogens with one attached hydrogen (secondary N) is 1. The average molecular weight is 335 g/mol. The highest BCUT2D eigenvalue weighted by Crippen LogP contribution is 2.42. The van der Waals surface area contributed by atoms with Gasteiger partial charge >= 0.3 is 6.29 Å². The number of alkyl halides is 2. The first kappa shape index (κ1) is 16.2. The Morgan fingerprint density at radius 2 is 1.88 bits per heavy atom. The lowest BCUT2D eigenvalue weighted by molar-refractivity contribution is -0.684. The Morgan fingerprint density at radius 3 is 2.58 bits per heavy atom. The first-order valence-corrected chi connectivity index (χ1v) is 7.63. The van der Waals surface area contributed by atoms with Crippen LogP contribution in [0.15, 0.2) is 42.7 Å². The number of benzene rings is 1. The van der Waals surface area contributed by atoms with E-state index in [1.807, 2.05) is 24.5 Å². The maximum Gasteiger partial charge on any atom is 0.586 e. The molecule has 0 atom stereocenters. The highest BCUT2D eigenvalue weighted by Gasteiger charge is 2.43. The molecule has 1 aromatic heterocycles. The molecule has 0 unspecified atom stereocenters. The number of hydrogen-bond acceptors (Lipinski definition) is 3. The molecular weight excluding hydrogens is 318 g/mol. The van der Waals surface area contributed by atoms with Gasteiger partial charge in [-0.15, -0.1) is 8.78 Å². The first-order chi connectivity index (χ1) is 11.4. The fourth-order valence-electron chi connectivity index (χ4n) is 2.44. The van der Waals surface area contributed by atoms with Gasteiger partial charge in [0.15, 0.2) is 23.9 Å². The van der Waals surface area contributed by atoms with E-state index in [4.69, 9.17) is 0 Å². The molecule has 7 heteroatoms. The number of aromatic nitrogens is 1. The van der Waals surface area contributed by atoms with Gasteiger partial charge < -0.3 is 14.8 Å². The first-order valence-electron chi connectivity index (χ1n) is 7.63. The summed E-state index contributed by atoms with van der Waals surface area (Å²) in [5, 5.41) is 2.65. The molecule has 0 aliphatic carbocycles. The minimum atomic E-state index is -3.67. The topological polar surface area (TPSA) is 51.4 Å². The number of aryl methyl sites for hydroxylation is 1. The van der Waals surface area contributed by atoms with Crippen LogP contribution in [0.5, 0.6) is 11.5 Å². The largest absolute Gasteiger partial charge is 0.586 e. The Morgan fingerprint density at radius 1 is 1.17 bits per heavy atom. The van der Waals surface area contributed by atoms with Crippen molar-refractivity contribution in [2.24, 2.45) is 0 Å². The molecule has 2 aromatic rings. The number of ether oxygens (including phenoxy) is 2.